The Morgan fingerprint density at radius 2 is 1.58 bits per heavy atom. The Labute approximate surface area is 277 Å². The maximum absolute atomic E-state index is 13.8. The van der Waals surface area contributed by atoms with Gasteiger partial charge in [-0.3, -0.25) is 19.2 Å². The fraction of sp³-hybridized carbons (Fsp3) is 0.441. The Morgan fingerprint density at radius 1 is 0.917 bits per heavy atom. The monoisotopic (exact) mass is 668 g/mol. The summed E-state index contributed by atoms with van der Waals surface area (Å²) in [5.74, 6) is -7.58. The van der Waals surface area contributed by atoms with Crippen molar-refractivity contribution in [1.29, 1.82) is 0 Å². The molecule has 2 amide bonds. The van der Waals surface area contributed by atoms with Crippen LogP contribution in [-0.4, -0.2) is 77.5 Å². The van der Waals surface area contributed by atoms with Gasteiger partial charge in [-0.05, 0) is 51.8 Å². The maximum Gasteiger partial charge on any atom is 0.348 e. The molecule has 3 rings (SSSR count). The molecule has 6 unspecified atom stereocenters. The van der Waals surface area contributed by atoms with Crippen LogP contribution in [0.4, 0.5) is 5.69 Å². The molecule has 0 spiro atoms. The van der Waals surface area contributed by atoms with Crippen LogP contribution in [0.3, 0.4) is 0 Å². The van der Waals surface area contributed by atoms with Crippen molar-refractivity contribution >= 4 is 47.7 Å². The number of nitrogens with one attached hydrogen (secondary N) is 2. The summed E-state index contributed by atoms with van der Waals surface area (Å²) in [6.45, 7) is 8.36. The molecule has 1 aliphatic rings. The maximum atomic E-state index is 13.8. The summed E-state index contributed by atoms with van der Waals surface area (Å²) in [7, 11) is 0. The number of hydrogen-bond acceptors (Lipinski definition) is 12. The number of phenols is 1. The van der Waals surface area contributed by atoms with Crippen LogP contribution in [0.25, 0.3) is 0 Å². The number of hydrogen-bond donors (Lipinski definition) is 3. The van der Waals surface area contributed by atoms with Crippen LogP contribution in [0.2, 0.25) is 0 Å². The zero-order chi connectivity index (χ0) is 35.8. The first kappa shape index (κ1) is 37.2. The first-order chi connectivity index (χ1) is 22.6. The topological polar surface area (TPSA) is 201 Å². The van der Waals surface area contributed by atoms with Gasteiger partial charge in [0.25, 0.3) is 5.91 Å². The highest BCUT2D eigenvalue weighted by molar-refractivity contribution is 6.06. The largest absolute Gasteiger partial charge is 0.505 e. The summed E-state index contributed by atoms with van der Waals surface area (Å²) < 4.78 is 22.0. The number of benzene rings is 2. The number of rotatable bonds is 8. The Morgan fingerprint density at radius 3 is 2.21 bits per heavy atom. The SMILES string of the molecule is CCC(C)C1OC(=O)C(C)(C)C(=O)C(Cc2ccccc2)OC(=O)C(C)OC(=O)C(NC(=O)c2cccc(NC=O)c2O)C(C)OC1=O. The molecule has 0 aromatic heterocycles. The molecule has 14 heteroatoms. The number of esters is 4. The number of para-hydroxylation sites is 1. The zero-order valence-electron chi connectivity index (χ0n) is 27.5. The number of phenolic OH excluding ortho intramolecular Hbond substituents is 1. The quantitative estimate of drug-likeness (QED) is 0.122. The molecule has 1 heterocycles. The van der Waals surface area contributed by atoms with Crippen LogP contribution in [0.1, 0.15) is 63.9 Å². The predicted octanol–water partition coefficient (Wildman–Crippen LogP) is 2.64. The fourth-order valence-corrected chi connectivity index (χ4v) is 4.74. The lowest BCUT2D eigenvalue weighted by molar-refractivity contribution is -0.183. The van der Waals surface area contributed by atoms with E-state index in [0.717, 1.165) is 0 Å². The standard InChI is InChI=1S/C34H40N2O12/c1-7-18(2)27-32(43)45-19(3)25(36-29(40)22-14-11-15-23(26(22)38)35-17-37)31(42)46-20(4)30(41)47-24(16-21-12-9-8-10-13-21)28(39)34(5,6)33(44)48-27/h8-15,17-20,24-25,27,38H,7,16H2,1-6H3,(H,35,37)(H,36,40). The number of amides is 2. The number of carbonyl (C=O) groups is 7. The highest BCUT2D eigenvalue weighted by Gasteiger charge is 2.47. The van der Waals surface area contributed by atoms with Gasteiger partial charge in [0.15, 0.2) is 29.8 Å². The van der Waals surface area contributed by atoms with Gasteiger partial charge in [-0.15, -0.1) is 0 Å². The molecule has 6 atom stereocenters. The van der Waals surface area contributed by atoms with Crippen molar-refractivity contribution in [3.63, 3.8) is 0 Å². The minimum atomic E-state index is -1.90. The summed E-state index contributed by atoms with van der Waals surface area (Å²) in [4.78, 5) is 91.8. The highest BCUT2D eigenvalue weighted by atomic mass is 16.6. The molecule has 2 aromatic carbocycles. The van der Waals surface area contributed by atoms with Gasteiger partial charge < -0.3 is 34.7 Å². The van der Waals surface area contributed by atoms with Crippen LogP contribution >= 0.6 is 0 Å². The molecule has 1 aliphatic heterocycles. The van der Waals surface area contributed by atoms with E-state index in [4.69, 9.17) is 18.9 Å². The molecular weight excluding hydrogens is 628 g/mol. The number of carbonyl (C=O) groups excluding carboxylic acids is 7. The van der Waals surface area contributed by atoms with E-state index in [1.54, 1.807) is 44.2 Å². The van der Waals surface area contributed by atoms with Crippen LogP contribution in [0.5, 0.6) is 5.75 Å². The van der Waals surface area contributed by atoms with Crippen LogP contribution in [0.15, 0.2) is 48.5 Å². The van der Waals surface area contributed by atoms with Gasteiger partial charge in [-0.1, -0.05) is 50.2 Å². The number of cyclic esters (lactones) is 4. The van der Waals surface area contributed by atoms with E-state index in [1.807, 2.05) is 0 Å². The van der Waals surface area contributed by atoms with E-state index < -0.39 is 83.1 Å². The molecule has 1 fully saturated rings. The lowest BCUT2D eigenvalue weighted by Gasteiger charge is -2.30. The third kappa shape index (κ3) is 8.75. The highest BCUT2D eigenvalue weighted by Crippen LogP contribution is 2.29. The zero-order valence-corrected chi connectivity index (χ0v) is 27.5. The molecule has 0 bridgehead atoms. The Kier molecular flexibility index (Phi) is 12.4. The van der Waals surface area contributed by atoms with E-state index in [1.165, 1.54) is 45.9 Å². The molecule has 0 saturated carbocycles. The second-order valence-corrected chi connectivity index (χ2v) is 12.0. The van der Waals surface area contributed by atoms with Crippen molar-refractivity contribution < 1.29 is 57.6 Å². The van der Waals surface area contributed by atoms with E-state index in [-0.39, 0.29) is 24.1 Å². The summed E-state index contributed by atoms with van der Waals surface area (Å²) in [5.41, 5.74) is -1.75. The minimum absolute atomic E-state index is 0.0983. The van der Waals surface area contributed by atoms with Gasteiger partial charge in [-0.2, -0.15) is 0 Å². The summed E-state index contributed by atoms with van der Waals surface area (Å²) in [6, 6.07) is 10.7. The van der Waals surface area contributed by atoms with Crippen molar-refractivity contribution in [2.45, 2.75) is 84.8 Å². The van der Waals surface area contributed by atoms with Crippen molar-refractivity contribution in [3.05, 3.63) is 59.7 Å². The smallest absolute Gasteiger partial charge is 0.348 e. The van der Waals surface area contributed by atoms with Crippen molar-refractivity contribution in [2.75, 3.05) is 5.32 Å². The van der Waals surface area contributed by atoms with Gasteiger partial charge in [0.2, 0.25) is 12.5 Å². The summed E-state index contributed by atoms with van der Waals surface area (Å²) >= 11 is 0. The first-order valence-corrected chi connectivity index (χ1v) is 15.4. The van der Waals surface area contributed by atoms with Crippen LogP contribution < -0.4 is 10.6 Å². The number of anilines is 1. The summed E-state index contributed by atoms with van der Waals surface area (Å²) in [6.07, 6.45) is -5.66. The molecule has 14 nitrogen and oxygen atoms in total. The third-order valence-corrected chi connectivity index (χ3v) is 8.00. The Balaban J connectivity index is 2.05. The molecular formula is C34H40N2O12. The van der Waals surface area contributed by atoms with Crippen LogP contribution in [0, 0.1) is 11.3 Å². The van der Waals surface area contributed by atoms with Gasteiger partial charge in [0.1, 0.15) is 11.5 Å². The Bertz CT molecular complexity index is 1540. The third-order valence-electron chi connectivity index (χ3n) is 8.00. The van der Waals surface area contributed by atoms with Gasteiger partial charge >= 0.3 is 23.9 Å². The fourth-order valence-electron chi connectivity index (χ4n) is 4.74. The van der Waals surface area contributed by atoms with E-state index in [2.05, 4.69) is 10.6 Å². The number of ketones is 1. The number of ether oxygens (including phenoxy) is 4. The Hall–Kier alpha value is -5.27. The van der Waals surface area contributed by atoms with E-state index in [0.29, 0.717) is 12.0 Å². The summed E-state index contributed by atoms with van der Waals surface area (Å²) in [5, 5.41) is 15.1. The van der Waals surface area contributed by atoms with E-state index in [9.17, 15) is 38.7 Å². The normalized spacial score (nSPS) is 24.4. The minimum Gasteiger partial charge on any atom is -0.505 e. The van der Waals surface area contributed by atoms with Gasteiger partial charge in [0, 0.05) is 12.3 Å². The van der Waals surface area contributed by atoms with E-state index >= 15 is 0 Å². The van der Waals surface area contributed by atoms with Gasteiger partial charge in [0.05, 0.1) is 11.3 Å². The molecule has 0 radical (unpaired) electrons. The average Bonchev–Trinajstić information content (AvgIpc) is 3.05. The first-order valence-electron chi connectivity index (χ1n) is 15.4. The van der Waals surface area contributed by atoms with Crippen molar-refractivity contribution in [3.8, 4) is 5.75 Å². The number of aromatic hydroxyl groups is 1. The van der Waals surface area contributed by atoms with Crippen molar-refractivity contribution in [1.82, 2.24) is 5.32 Å². The molecule has 1 saturated heterocycles. The second-order valence-electron chi connectivity index (χ2n) is 12.0. The lowest BCUT2D eigenvalue weighted by Crippen LogP contribution is -2.52. The molecule has 3 N–H and O–H groups in total. The predicted molar refractivity (Wildman–Crippen MR) is 168 cm³/mol. The number of Topliss-reactive ketones (excluding diaryl/α,β-unsaturated/α-hetero) is 1. The second kappa shape index (κ2) is 16.0. The average molecular weight is 669 g/mol. The van der Waals surface area contributed by atoms with Crippen LogP contribution in [-0.2, 0) is 54.1 Å². The molecule has 48 heavy (non-hydrogen) atoms. The van der Waals surface area contributed by atoms with Crippen molar-refractivity contribution in [2.24, 2.45) is 11.3 Å². The lowest BCUT2D eigenvalue weighted by atomic mass is 9.83. The molecule has 2 aromatic rings. The van der Waals surface area contributed by atoms with Gasteiger partial charge in [-0.25, -0.2) is 14.4 Å². The molecule has 258 valence electrons. The molecule has 0 aliphatic carbocycles.